The number of carbonyl (C=O) groups is 1. The molecule has 0 aromatic carbocycles. The van der Waals surface area contributed by atoms with Gasteiger partial charge in [-0.3, -0.25) is 4.79 Å². The van der Waals surface area contributed by atoms with Crippen molar-refractivity contribution in [1.82, 2.24) is 14.8 Å². The van der Waals surface area contributed by atoms with E-state index in [2.05, 4.69) is 9.88 Å². The van der Waals surface area contributed by atoms with Crippen LogP contribution in [0.25, 0.3) is 10.6 Å². The van der Waals surface area contributed by atoms with Crippen LogP contribution in [0.1, 0.15) is 23.3 Å². The molecule has 1 aliphatic heterocycles. The lowest BCUT2D eigenvalue weighted by atomic mass is 10.2. The summed E-state index contributed by atoms with van der Waals surface area (Å²) in [5, 5.41) is 6.58. The van der Waals surface area contributed by atoms with E-state index in [4.69, 9.17) is 0 Å². The van der Waals surface area contributed by atoms with Crippen molar-refractivity contribution in [3.63, 3.8) is 0 Å². The Morgan fingerprint density at radius 2 is 2.12 bits per heavy atom. The van der Waals surface area contributed by atoms with Gasteiger partial charge in [0.25, 0.3) is 5.91 Å². The molecule has 9 heteroatoms. The third-order valence-electron chi connectivity index (χ3n) is 4.41. The van der Waals surface area contributed by atoms with Gasteiger partial charge in [0.05, 0.1) is 11.5 Å². The molecule has 1 atom stereocenters. The van der Waals surface area contributed by atoms with Crippen molar-refractivity contribution in [2.24, 2.45) is 0 Å². The minimum Gasteiger partial charge on any atom is -0.333 e. The second-order valence-electron chi connectivity index (χ2n) is 6.76. The summed E-state index contributed by atoms with van der Waals surface area (Å²) in [5.74, 6) is 0.0535. The molecule has 3 heterocycles. The minimum atomic E-state index is -3.05. The van der Waals surface area contributed by atoms with Gasteiger partial charge in [0.1, 0.15) is 10.7 Å². The second kappa shape index (κ2) is 8.16. The fourth-order valence-electron chi connectivity index (χ4n) is 3.07. The quantitative estimate of drug-likeness (QED) is 0.697. The van der Waals surface area contributed by atoms with Gasteiger partial charge < -0.3 is 9.80 Å². The zero-order valence-electron chi connectivity index (χ0n) is 14.9. The van der Waals surface area contributed by atoms with Gasteiger partial charge in [-0.15, -0.1) is 11.3 Å². The predicted molar refractivity (Wildman–Crippen MR) is 107 cm³/mol. The van der Waals surface area contributed by atoms with Crippen molar-refractivity contribution in [1.29, 1.82) is 0 Å². The zero-order valence-corrected chi connectivity index (χ0v) is 17.4. The molecule has 3 rings (SSSR count). The van der Waals surface area contributed by atoms with Gasteiger partial charge in [0.15, 0.2) is 9.84 Å². The highest BCUT2D eigenvalue weighted by Gasteiger charge is 2.35. The van der Waals surface area contributed by atoms with Gasteiger partial charge in [-0.05, 0) is 44.9 Å². The summed E-state index contributed by atoms with van der Waals surface area (Å²) in [5.41, 5.74) is 1.42. The molecule has 0 radical (unpaired) electrons. The molecule has 0 aliphatic carbocycles. The average molecular weight is 414 g/mol. The van der Waals surface area contributed by atoms with E-state index in [0.717, 1.165) is 23.5 Å². The van der Waals surface area contributed by atoms with Gasteiger partial charge >= 0.3 is 0 Å². The molecule has 0 saturated carbocycles. The van der Waals surface area contributed by atoms with Gasteiger partial charge in [-0.2, -0.15) is 11.3 Å². The van der Waals surface area contributed by atoms with Crippen molar-refractivity contribution < 1.29 is 13.2 Å². The van der Waals surface area contributed by atoms with E-state index in [0.29, 0.717) is 18.7 Å². The van der Waals surface area contributed by atoms with Crippen LogP contribution in [0.4, 0.5) is 0 Å². The van der Waals surface area contributed by atoms with Crippen molar-refractivity contribution in [3.05, 3.63) is 27.9 Å². The molecule has 1 fully saturated rings. The SMILES string of the molecule is CN(C)CCCN(C(=O)c1csc(-c2ccsc2)n1)[C@@H]1CCS(=O)(=O)C1. The van der Waals surface area contributed by atoms with Crippen LogP contribution in [0.15, 0.2) is 22.2 Å². The lowest BCUT2D eigenvalue weighted by molar-refractivity contribution is 0.0685. The number of thiazole rings is 1. The van der Waals surface area contributed by atoms with E-state index >= 15 is 0 Å². The molecular weight excluding hydrogens is 390 g/mol. The molecule has 6 nitrogen and oxygen atoms in total. The van der Waals surface area contributed by atoms with Crippen LogP contribution in [0.5, 0.6) is 0 Å². The summed E-state index contributed by atoms with van der Waals surface area (Å²) in [6.07, 6.45) is 1.31. The molecule has 1 aliphatic rings. The molecule has 26 heavy (non-hydrogen) atoms. The van der Waals surface area contributed by atoms with E-state index in [1.807, 2.05) is 30.9 Å². The first kappa shape index (κ1) is 19.5. The normalized spacial score (nSPS) is 19.1. The first-order chi connectivity index (χ1) is 12.4. The van der Waals surface area contributed by atoms with Crippen LogP contribution < -0.4 is 0 Å². The fraction of sp³-hybridized carbons (Fsp3) is 0.529. The van der Waals surface area contributed by atoms with E-state index in [1.54, 1.807) is 21.6 Å². The van der Waals surface area contributed by atoms with Crippen LogP contribution in [0.3, 0.4) is 0 Å². The highest BCUT2D eigenvalue weighted by molar-refractivity contribution is 7.91. The van der Waals surface area contributed by atoms with Crippen LogP contribution in [-0.4, -0.2) is 73.8 Å². The van der Waals surface area contributed by atoms with Crippen LogP contribution in [0, 0.1) is 0 Å². The highest BCUT2D eigenvalue weighted by Crippen LogP contribution is 2.27. The smallest absolute Gasteiger partial charge is 0.273 e. The van der Waals surface area contributed by atoms with Gasteiger partial charge in [0.2, 0.25) is 0 Å². The molecule has 0 unspecified atom stereocenters. The number of hydrogen-bond donors (Lipinski definition) is 0. The summed E-state index contributed by atoms with van der Waals surface area (Å²) in [7, 11) is 0.923. The maximum absolute atomic E-state index is 13.1. The van der Waals surface area contributed by atoms with Crippen LogP contribution in [0.2, 0.25) is 0 Å². The molecule has 1 saturated heterocycles. The first-order valence-electron chi connectivity index (χ1n) is 8.50. The van der Waals surface area contributed by atoms with Gasteiger partial charge in [0, 0.05) is 28.9 Å². The molecule has 0 spiro atoms. The van der Waals surface area contributed by atoms with E-state index in [9.17, 15) is 13.2 Å². The van der Waals surface area contributed by atoms with Crippen molar-refractivity contribution in [3.8, 4) is 10.6 Å². The molecule has 0 N–H and O–H groups in total. The lowest BCUT2D eigenvalue weighted by Crippen LogP contribution is -2.42. The Balaban J connectivity index is 1.77. The third-order valence-corrected chi connectivity index (χ3v) is 7.73. The summed E-state index contributed by atoms with van der Waals surface area (Å²) < 4.78 is 23.8. The van der Waals surface area contributed by atoms with Crippen molar-refractivity contribution in [2.45, 2.75) is 18.9 Å². The largest absolute Gasteiger partial charge is 0.333 e. The van der Waals surface area contributed by atoms with Crippen molar-refractivity contribution in [2.75, 3.05) is 38.7 Å². The number of amides is 1. The van der Waals surface area contributed by atoms with Gasteiger partial charge in [-0.1, -0.05) is 0 Å². The zero-order chi connectivity index (χ0) is 18.7. The first-order valence-corrected chi connectivity index (χ1v) is 12.1. The second-order valence-corrected chi connectivity index (χ2v) is 10.6. The number of rotatable bonds is 7. The van der Waals surface area contributed by atoms with Crippen molar-refractivity contribution >= 4 is 38.4 Å². The molecule has 142 valence electrons. The Morgan fingerprint density at radius 3 is 2.73 bits per heavy atom. The Kier molecular flexibility index (Phi) is 6.11. The standard InChI is InChI=1S/C17H23N3O3S3/c1-19(2)6-3-7-20(14-5-9-26(22,23)12-14)17(21)15-11-25-16(18-15)13-4-8-24-10-13/h4,8,10-11,14H,3,5-7,9,12H2,1-2H3/t14-/m1/s1. The average Bonchev–Trinajstić information content (AvgIpc) is 3.30. The fourth-order valence-corrected chi connectivity index (χ4v) is 6.30. The monoisotopic (exact) mass is 413 g/mol. The number of sulfone groups is 1. The van der Waals surface area contributed by atoms with E-state index in [1.165, 1.54) is 11.3 Å². The van der Waals surface area contributed by atoms with Crippen LogP contribution in [-0.2, 0) is 9.84 Å². The molecule has 1 amide bonds. The maximum Gasteiger partial charge on any atom is 0.273 e. The van der Waals surface area contributed by atoms with Gasteiger partial charge in [-0.25, -0.2) is 13.4 Å². The number of nitrogens with zero attached hydrogens (tertiary/aromatic N) is 3. The Bertz CT molecular complexity index is 844. The Labute approximate surface area is 162 Å². The highest BCUT2D eigenvalue weighted by atomic mass is 32.2. The summed E-state index contributed by atoms with van der Waals surface area (Å²) in [6, 6.07) is 1.73. The molecule has 2 aromatic heterocycles. The molecular formula is C17H23N3O3S3. The molecule has 0 bridgehead atoms. The van der Waals surface area contributed by atoms with E-state index < -0.39 is 9.84 Å². The van der Waals surface area contributed by atoms with E-state index in [-0.39, 0.29) is 23.5 Å². The molecule has 2 aromatic rings. The number of carbonyl (C=O) groups excluding carboxylic acids is 1. The topological polar surface area (TPSA) is 70.6 Å². The lowest BCUT2D eigenvalue weighted by Gasteiger charge is -2.28. The number of aromatic nitrogens is 1. The number of hydrogen-bond acceptors (Lipinski definition) is 7. The Hall–Kier alpha value is -1.29. The minimum absolute atomic E-state index is 0.0578. The number of thiophene rings is 1. The summed E-state index contributed by atoms with van der Waals surface area (Å²) in [6.45, 7) is 1.39. The Morgan fingerprint density at radius 1 is 1.31 bits per heavy atom. The summed E-state index contributed by atoms with van der Waals surface area (Å²) in [4.78, 5) is 21.3. The van der Waals surface area contributed by atoms with Crippen LogP contribution >= 0.6 is 22.7 Å². The maximum atomic E-state index is 13.1. The third kappa shape index (κ3) is 4.70. The summed E-state index contributed by atoms with van der Waals surface area (Å²) >= 11 is 3.04. The predicted octanol–water partition coefficient (Wildman–Crippen LogP) is 2.45.